The largest absolute Gasteiger partial charge is 0.573 e. The molecule has 0 aromatic heterocycles. The van der Waals surface area contributed by atoms with Crippen molar-refractivity contribution in [2.45, 2.75) is 19.3 Å². The molecule has 0 aliphatic carbocycles. The molecule has 0 atom stereocenters. The van der Waals surface area contributed by atoms with E-state index in [1.54, 1.807) is 25.2 Å². The first-order chi connectivity index (χ1) is 13.8. The van der Waals surface area contributed by atoms with Crippen LogP contribution in [0.2, 0.25) is 0 Å². The number of benzene rings is 2. The summed E-state index contributed by atoms with van der Waals surface area (Å²) in [6.07, 6.45) is -1.07. The van der Waals surface area contributed by atoms with Crippen molar-refractivity contribution in [2.24, 2.45) is 0 Å². The lowest BCUT2D eigenvalue weighted by Gasteiger charge is -2.28. The number of fused-ring (bicyclic) bond motifs is 1. The van der Waals surface area contributed by atoms with Gasteiger partial charge in [-0.25, -0.2) is 0 Å². The molecule has 1 aliphatic heterocycles. The number of ether oxygens (including phenoxy) is 3. The van der Waals surface area contributed by atoms with Crippen molar-refractivity contribution in [3.05, 3.63) is 59.2 Å². The number of hydrogen-bond acceptors (Lipinski definition) is 4. The van der Waals surface area contributed by atoms with Crippen LogP contribution in [0, 0.1) is 0 Å². The Labute approximate surface area is 166 Å². The van der Waals surface area contributed by atoms with Gasteiger partial charge in [0.15, 0.2) is 11.5 Å². The van der Waals surface area contributed by atoms with Gasteiger partial charge in [0.1, 0.15) is 5.75 Å². The molecule has 1 amide bonds. The van der Waals surface area contributed by atoms with Crippen molar-refractivity contribution in [1.82, 2.24) is 4.90 Å². The van der Waals surface area contributed by atoms with Gasteiger partial charge >= 0.3 is 6.36 Å². The van der Waals surface area contributed by atoms with E-state index in [-0.39, 0.29) is 11.7 Å². The summed E-state index contributed by atoms with van der Waals surface area (Å²) in [7, 11) is 3.14. The Bertz CT molecular complexity index is 907. The van der Waals surface area contributed by atoms with Crippen LogP contribution >= 0.6 is 0 Å². The molecule has 154 valence electrons. The summed E-state index contributed by atoms with van der Waals surface area (Å²) in [6, 6.07) is 9.11. The first-order valence-corrected chi connectivity index (χ1v) is 8.85. The van der Waals surface area contributed by atoms with Crippen LogP contribution in [0.4, 0.5) is 13.2 Å². The molecule has 2 aromatic carbocycles. The molecule has 5 nitrogen and oxygen atoms in total. The second-order valence-corrected chi connectivity index (χ2v) is 6.44. The third-order valence-electron chi connectivity index (χ3n) is 4.56. The van der Waals surface area contributed by atoms with Crippen LogP contribution in [-0.2, 0) is 17.8 Å². The summed E-state index contributed by atoms with van der Waals surface area (Å²) in [5.41, 5.74) is 2.69. The zero-order chi connectivity index (χ0) is 21.0. The van der Waals surface area contributed by atoms with Gasteiger partial charge in [0.05, 0.1) is 14.2 Å². The first-order valence-electron chi connectivity index (χ1n) is 8.85. The second kappa shape index (κ2) is 8.46. The van der Waals surface area contributed by atoms with E-state index in [1.165, 1.54) is 30.3 Å². The fourth-order valence-corrected chi connectivity index (χ4v) is 3.12. The maximum Gasteiger partial charge on any atom is 0.573 e. The topological polar surface area (TPSA) is 48.0 Å². The van der Waals surface area contributed by atoms with Gasteiger partial charge in [0.2, 0.25) is 5.91 Å². The summed E-state index contributed by atoms with van der Waals surface area (Å²) in [4.78, 5) is 14.2. The van der Waals surface area contributed by atoms with Crippen molar-refractivity contribution >= 4 is 12.0 Å². The standard InChI is InChI=1S/C21H20F3NO4/c1-27-18-11-15-9-10-25(13-16(15)12-19(18)28-2)20(26)8-5-14-3-6-17(7-4-14)29-21(22,23)24/h3-8,11-12H,9-10,13H2,1-2H3. The Morgan fingerprint density at radius 2 is 1.66 bits per heavy atom. The smallest absolute Gasteiger partial charge is 0.493 e. The Kier molecular flexibility index (Phi) is 6.00. The highest BCUT2D eigenvalue weighted by Crippen LogP contribution is 2.33. The number of hydrogen-bond donors (Lipinski definition) is 0. The van der Waals surface area contributed by atoms with Gasteiger partial charge < -0.3 is 19.1 Å². The van der Waals surface area contributed by atoms with Gasteiger partial charge in [0.25, 0.3) is 0 Å². The van der Waals surface area contributed by atoms with E-state index in [9.17, 15) is 18.0 Å². The molecule has 0 spiro atoms. The fourth-order valence-electron chi connectivity index (χ4n) is 3.12. The van der Waals surface area contributed by atoms with Crippen molar-refractivity contribution in [3.8, 4) is 17.2 Å². The van der Waals surface area contributed by atoms with E-state index in [1.807, 2.05) is 12.1 Å². The highest BCUT2D eigenvalue weighted by Gasteiger charge is 2.30. The zero-order valence-corrected chi connectivity index (χ0v) is 16.0. The highest BCUT2D eigenvalue weighted by atomic mass is 19.4. The number of nitrogens with zero attached hydrogens (tertiary/aromatic N) is 1. The number of alkyl halides is 3. The molecule has 0 saturated carbocycles. The monoisotopic (exact) mass is 407 g/mol. The van der Waals surface area contributed by atoms with Crippen LogP contribution in [0.5, 0.6) is 17.2 Å². The number of halogens is 3. The maximum atomic E-state index is 12.5. The molecule has 1 heterocycles. The highest BCUT2D eigenvalue weighted by molar-refractivity contribution is 5.92. The molecule has 0 unspecified atom stereocenters. The van der Waals surface area contributed by atoms with E-state index >= 15 is 0 Å². The normalized spacial score (nSPS) is 13.9. The minimum Gasteiger partial charge on any atom is -0.493 e. The van der Waals surface area contributed by atoms with Gasteiger partial charge in [0, 0.05) is 19.2 Å². The third kappa shape index (κ3) is 5.22. The molecule has 1 aliphatic rings. The lowest BCUT2D eigenvalue weighted by molar-refractivity contribution is -0.274. The molecule has 0 fully saturated rings. The molecular weight excluding hydrogens is 387 g/mol. The van der Waals surface area contributed by atoms with E-state index < -0.39 is 6.36 Å². The van der Waals surface area contributed by atoms with E-state index in [4.69, 9.17) is 9.47 Å². The minimum atomic E-state index is -4.73. The predicted octanol–water partition coefficient (Wildman–Crippen LogP) is 4.20. The van der Waals surface area contributed by atoms with Crippen LogP contribution in [0.25, 0.3) is 6.08 Å². The molecular formula is C21H20F3NO4. The summed E-state index contributed by atoms with van der Waals surface area (Å²) in [5, 5.41) is 0. The van der Waals surface area contributed by atoms with Crippen LogP contribution in [-0.4, -0.2) is 37.9 Å². The van der Waals surface area contributed by atoms with Crippen molar-refractivity contribution in [2.75, 3.05) is 20.8 Å². The van der Waals surface area contributed by atoms with Gasteiger partial charge in [-0.3, -0.25) is 4.79 Å². The molecule has 0 saturated heterocycles. The van der Waals surface area contributed by atoms with Crippen LogP contribution in [0.1, 0.15) is 16.7 Å². The summed E-state index contributed by atoms with van der Waals surface area (Å²) in [6.45, 7) is 1.00. The number of methoxy groups -OCH3 is 2. The lowest BCUT2D eigenvalue weighted by atomic mass is 9.98. The Morgan fingerprint density at radius 1 is 1.03 bits per heavy atom. The van der Waals surface area contributed by atoms with Gasteiger partial charge in [-0.05, 0) is 53.5 Å². The number of amides is 1. The van der Waals surface area contributed by atoms with Crippen molar-refractivity contribution in [1.29, 1.82) is 0 Å². The van der Waals surface area contributed by atoms with E-state index in [2.05, 4.69) is 4.74 Å². The zero-order valence-electron chi connectivity index (χ0n) is 16.0. The average molecular weight is 407 g/mol. The fraction of sp³-hybridized carbons (Fsp3) is 0.286. The molecule has 0 N–H and O–H groups in total. The van der Waals surface area contributed by atoms with Crippen molar-refractivity contribution < 1.29 is 32.2 Å². The minimum absolute atomic E-state index is 0.180. The molecule has 2 aromatic rings. The quantitative estimate of drug-likeness (QED) is 0.697. The maximum absolute atomic E-state index is 12.5. The molecule has 3 rings (SSSR count). The lowest BCUT2D eigenvalue weighted by Crippen LogP contribution is -2.34. The van der Waals surface area contributed by atoms with Crippen LogP contribution in [0.3, 0.4) is 0 Å². The molecule has 29 heavy (non-hydrogen) atoms. The SMILES string of the molecule is COc1cc2c(cc1OC)CN(C(=O)C=Cc1ccc(OC(F)(F)F)cc1)CC2. The number of rotatable bonds is 5. The van der Waals surface area contributed by atoms with Crippen molar-refractivity contribution in [3.63, 3.8) is 0 Å². The summed E-state index contributed by atoms with van der Waals surface area (Å²) >= 11 is 0. The summed E-state index contributed by atoms with van der Waals surface area (Å²) < 4.78 is 51.0. The van der Waals surface area contributed by atoms with Crippen LogP contribution < -0.4 is 14.2 Å². The molecule has 0 bridgehead atoms. The summed E-state index contributed by atoms with van der Waals surface area (Å²) in [5.74, 6) is 0.778. The Morgan fingerprint density at radius 3 is 2.24 bits per heavy atom. The van der Waals surface area contributed by atoms with Crippen LogP contribution in [0.15, 0.2) is 42.5 Å². The Hall–Kier alpha value is -3.16. The van der Waals surface area contributed by atoms with Gasteiger partial charge in [-0.2, -0.15) is 0 Å². The molecule has 0 radical (unpaired) electrons. The van der Waals surface area contributed by atoms with Gasteiger partial charge in [-0.15, -0.1) is 13.2 Å². The first kappa shape index (κ1) is 20.6. The Balaban J connectivity index is 1.66. The van der Waals surface area contributed by atoms with Gasteiger partial charge in [-0.1, -0.05) is 12.1 Å². The predicted molar refractivity (Wildman–Crippen MR) is 101 cm³/mol. The number of carbonyl (C=O) groups excluding carboxylic acids is 1. The molecule has 8 heteroatoms. The second-order valence-electron chi connectivity index (χ2n) is 6.44. The van der Waals surface area contributed by atoms with E-state index in [0.29, 0.717) is 36.6 Å². The van der Waals surface area contributed by atoms with E-state index in [0.717, 1.165) is 11.1 Å². The third-order valence-corrected chi connectivity index (χ3v) is 4.56. The number of carbonyl (C=O) groups is 1. The average Bonchev–Trinajstić information content (AvgIpc) is 2.70.